The molecule has 132 valence electrons. The number of aryl methyl sites for hydroxylation is 1. The number of nitrogens with one attached hydrogen (secondary N) is 2. The smallest absolute Gasteiger partial charge is 0.338 e. The van der Waals surface area contributed by atoms with Crippen LogP contribution in [0.25, 0.3) is 0 Å². The van der Waals surface area contributed by atoms with Crippen molar-refractivity contribution in [3.8, 4) is 0 Å². The quantitative estimate of drug-likeness (QED) is 0.602. The SMILES string of the molecule is Cc1cccc(NC(=O)C(C)NC(=O)C(N)CC(C)C)c1C(=O)O. The van der Waals surface area contributed by atoms with E-state index < -0.39 is 29.9 Å². The second-order valence-electron chi connectivity index (χ2n) is 6.26. The molecule has 7 heteroatoms. The highest BCUT2D eigenvalue weighted by Crippen LogP contribution is 2.19. The first-order chi connectivity index (χ1) is 11.1. The van der Waals surface area contributed by atoms with Gasteiger partial charge in [0.15, 0.2) is 0 Å². The van der Waals surface area contributed by atoms with Gasteiger partial charge in [0.1, 0.15) is 6.04 Å². The van der Waals surface area contributed by atoms with E-state index in [1.165, 1.54) is 13.0 Å². The van der Waals surface area contributed by atoms with Gasteiger partial charge in [0.05, 0.1) is 17.3 Å². The topological polar surface area (TPSA) is 122 Å². The van der Waals surface area contributed by atoms with Gasteiger partial charge in [-0.3, -0.25) is 9.59 Å². The Morgan fingerprint density at radius 2 is 1.79 bits per heavy atom. The lowest BCUT2D eigenvalue weighted by molar-refractivity contribution is -0.127. The predicted molar refractivity (Wildman–Crippen MR) is 91.8 cm³/mol. The zero-order chi connectivity index (χ0) is 18.4. The van der Waals surface area contributed by atoms with E-state index in [4.69, 9.17) is 5.73 Å². The molecule has 1 aromatic carbocycles. The van der Waals surface area contributed by atoms with Gasteiger partial charge in [-0.15, -0.1) is 0 Å². The standard InChI is InChI=1S/C17H25N3O4/c1-9(2)8-12(18)16(22)19-11(4)15(21)20-13-7-5-6-10(3)14(13)17(23)24/h5-7,9,11-12H,8,18H2,1-4H3,(H,19,22)(H,20,21)(H,23,24). The van der Waals surface area contributed by atoms with Crippen LogP contribution in [-0.2, 0) is 9.59 Å². The minimum absolute atomic E-state index is 0.0286. The zero-order valence-electron chi connectivity index (χ0n) is 14.4. The number of aromatic carboxylic acids is 1. The second-order valence-corrected chi connectivity index (χ2v) is 6.26. The number of benzene rings is 1. The number of carboxylic acid groups (broad SMARTS) is 1. The van der Waals surface area contributed by atoms with Crippen molar-refractivity contribution in [2.45, 2.75) is 46.2 Å². The van der Waals surface area contributed by atoms with Crippen molar-refractivity contribution >= 4 is 23.5 Å². The molecule has 0 aliphatic heterocycles. The molecule has 0 radical (unpaired) electrons. The number of rotatable bonds is 7. The maximum atomic E-state index is 12.2. The third-order valence-electron chi connectivity index (χ3n) is 3.56. The molecule has 1 aromatic rings. The molecule has 7 nitrogen and oxygen atoms in total. The Kier molecular flexibility index (Phi) is 6.91. The van der Waals surface area contributed by atoms with Crippen LogP contribution in [0.3, 0.4) is 0 Å². The van der Waals surface area contributed by atoms with Crippen LogP contribution in [0.4, 0.5) is 5.69 Å². The zero-order valence-corrected chi connectivity index (χ0v) is 14.4. The van der Waals surface area contributed by atoms with E-state index in [0.29, 0.717) is 12.0 Å². The minimum atomic E-state index is -1.13. The molecule has 0 heterocycles. The highest BCUT2D eigenvalue weighted by atomic mass is 16.4. The number of nitrogens with two attached hydrogens (primary N) is 1. The van der Waals surface area contributed by atoms with Crippen LogP contribution < -0.4 is 16.4 Å². The Balaban J connectivity index is 2.77. The van der Waals surface area contributed by atoms with E-state index in [1.54, 1.807) is 19.1 Å². The Morgan fingerprint density at radius 3 is 2.33 bits per heavy atom. The molecule has 0 spiro atoms. The van der Waals surface area contributed by atoms with E-state index in [2.05, 4.69) is 10.6 Å². The maximum Gasteiger partial charge on any atom is 0.338 e. The van der Waals surface area contributed by atoms with Crippen LogP contribution in [0.5, 0.6) is 0 Å². The fourth-order valence-corrected chi connectivity index (χ4v) is 2.30. The van der Waals surface area contributed by atoms with Crippen LogP contribution >= 0.6 is 0 Å². The van der Waals surface area contributed by atoms with Gasteiger partial charge in [-0.05, 0) is 37.8 Å². The number of anilines is 1. The summed E-state index contributed by atoms with van der Waals surface area (Å²) in [5.74, 6) is -1.78. The molecule has 0 aliphatic carbocycles. The third-order valence-corrected chi connectivity index (χ3v) is 3.56. The molecule has 2 unspecified atom stereocenters. The van der Waals surface area contributed by atoms with E-state index in [-0.39, 0.29) is 17.2 Å². The van der Waals surface area contributed by atoms with Gasteiger partial charge in [0.2, 0.25) is 11.8 Å². The molecule has 0 aromatic heterocycles. The lowest BCUT2D eigenvalue weighted by Gasteiger charge is -2.19. The first-order valence-electron chi connectivity index (χ1n) is 7.83. The average Bonchev–Trinajstić information content (AvgIpc) is 2.45. The molecule has 0 saturated carbocycles. The summed E-state index contributed by atoms with van der Waals surface area (Å²) in [5.41, 5.74) is 6.54. The molecule has 5 N–H and O–H groups in total. The summed E-state index contributed by atoms with van der Waals surface area (Å²) in [4.78, 5) is 35.5. The number of amides is 2. The lowest BCUT2D eigenvalue weighted by Crippen LogP contribution is -2.49. The van der Waals surface area contributed by atoms with Gasteiger partial charge in [0, 0.05) is 0 Å². The summed E-state index contributed by atoms with van der Waals surface area (Å²) < 4.78 is 0. The normalized spacial score (nSPS) is 13.2. The van der Waals surface area contributed by atoms with Crippen molar-refractivity contribution in [2.75, 3.05) is 5.32 Å². The van der Waals surface area contributed by atoms with Gasteiger partial charge in [-0.25, -0.2) is 4.79 Å². The van der Waals surface area contributed by atoms with Gasteiger partial charge >= 0.3 is 5.97 Å². The largest absolute Gasteiger partial charge is 0.478 e. The van der Waals surface area contributed by atoms with E-state index in [1.807, 2.05) is 13.8 Å². The van der Waals surface area contributed by atoms with Crippen molar-refractivity contribution in [3.05, 3.63) is 29.3 Å². The molecule has 2 amide bonds. The van der Waals surface area contributed by atoms with Crippen LogP contribution in [0, 0.1) is 12.8 Å². The molecule has 0 bridgehead atoms. The summed E-state index contributed by atoms with van der Waals surface area (Å²) in [6, 6.07) is 3.29. The van der Waals surface area contributed by atoms with Crippen LogP contribution in [-0.4, -0.2) is 35.0 Å². The fourth-order valence-electron chi connectivity index (χ4n) is 2.30. The highest BCUT2D eigenvalue weighted by Gasteiger charge is 2.22. The van der Waals surface area contributed by atoms with Crippen molar-refractivity contribution < 1.29 is 19.5 Å². The van der Waals surface area contributed by atoms with Gasteiger partial charge in [-0.2, -0.15) is 0 Å². The summed E-state index contributed by atoms with van der Waals surface area (Å²) >= 11 is 0. The van der Waals surface area contributed by atoms with Gasteiger partial charge in [-0.1, -0.05) is 26.0 Å². The number of hydrogen-bond acceptors (Lipinski definition) is 4. The monoisotopic (exact) mass is 335 g/mol. The molecular weight excluding hydrogens is 310 g/mol. The van der Waals surface area contributed by atoms with Crippen molar-refractivity contribution in [1.82, 2.24) is 5.32 Å². The molecule has 0 aliphatic rings. The molecular formula is C17H25N3O4. The molecule has 2 atom stereocenters. The first kappa shape index (κ1) is 19.6. The van der Waals surface area contributed by atoms with Crippen LogP contribution in [0.15, 0.2) is 18.2 Å². The Bertz CT molecular complexity index is 628. The molecule has 1 rings (SSSR count). The van der Waals surface area contributed by atoms with Crippen LogP contribution in [0.1, 0.15) is 43.1 Å². The Hall–Kier alpha value is -2.41. The lowest BCUT2D eigenvalue weighted by atomic mass is 10.0. The maximum absolute atomic E-state index is 12.2. The summed E-state index contributed by atoms with van der Waals surface area (Å²) in [6.07, 6.45) is 0.515. The van der Waals surface area contributed by atoms with Crippen molar-refractivity contribution in [3.63, 3.8) is 0 Å². The summed E-state index contributed by atoms with van der Waals surface area (Å²) in [7, 11) is 0. The Morgan fingerprint density at radius 1 is 1.17 bits per heavy atom. The van der Waals surface area contributed by atoms with Crippen molar-refractivity contribution in [2.24, 2.45) is 11.7 Å². The number of carbonyl (C=O) groups excluding carboxylic acids is 2. The van der Waals surface area contributed by atoms with E-state index in [9.17, 15) is 19.5 Å². The van der Waals surface area contributed by atoms with E-state index >= 15 is 0 Å². The molecule has 24 heavy (non-hydrogen) atoms. The average molecular weight is 335 g/mol. The highest BCUT2D eigenvalue weighted by molar-refractivity contribution is 6.03. The van der Waals surface area contributed by atoms with Gasteiger partial charge < -0.3 is 21.5 Å². The number of carboxylic acids is 1. The molecule has 0 fully saturated rings. The summed E-state index contributed by atoms with van der Waals surface area (Å²) in [6.45, 7) is 7.07. The number of carbonyl (C=O) groups is 3. The van der Waals surface area contributed by atoms with Gasteiger partial charge in [0.25, 0.3) is 0 Å². The second kappa shape index (κ2) is 8.44. The minimum Gasteiger partial charge on any atom is -0.478 e. The Labute approximate surface area is 141 Å². The van der Waals surface area contributed by atoms with Crippen molar-refractivity contribution in [1.29, 1.82) is 0 Å². The van der Waals surface area contributed by atoms with E-state index in [0.717, 1.165) is 0 Å². The summed E-state index contributed by atoms with van der Waals surface area (Å²) in [5, 5.41) is 14.3. The molecule has 0 saturated heterocycles. The third kappa shape index (κ3) is 5.34. The predicted octanol–water partition coefficient (Wildman–Crippen LogP) is 1.51. The van der Waals surface area contributed by atoms with Crippen LogP contribution in [0.2, 0.25) is 0 Å². The number of hydrogen-bond donors (Lipinski definition) is 4. The first-order valence-corrected chi connectivity index (χ1v) is 7.83. The fraction of sp³-hybridized carbons (Fsp3) is 0.471.